The monoisotopic (exact) mass is 617 g/mol. The van der Waals surface area contributed by atoms with Crippen LogP contribution in [-0.4, -0.2) is 73.6 Å². The molecule has 0 bridgehead atoms. The summed E-state index contributed by atoms with van der Waals surface area (Å²) in [6, 6.07) is 14.2. The lowest BCUT2D eigenvalue weighted by atomic mass is 9.91. The molecule has 11 heteroatoms. The number of rotatable bonds is 8. The third kappa shape index (κ3) is 5.97. The second kappa shape index (κ2) is 12.4. The molecule has 236 valence electrons. The van der Waals surface area contributed by atoms with Gasteiger partial charge in [0.05, 0.1) is 36.1 Å². The molecule has 2 aromatic carbocycles. The number of nitrogens with zero attached hydrogens (tertiary/aromatic N) is 7. The van der Waals surface area contributed by atoms with E-state index in [4.69, 9.17) is 14.8 Å². The van der Waals surface area contributed by atoms with Gasteiger partial charge in [0.15, 0.2) is 0 Å². The molecule has 1 aliphatic heterocycles. The summed E-state index contributed by atoms with van der Waals surface area (Å²) in [6.45, 7) is 1.97. The molecule has 0 saturated carbocycles. The van der Waals surface area contributed by atoms with E-state index in [0.29, 0.717) is 29.4 Å². The van der Waals surface area contributed by atoms with Crippen molar-refractivity contribution >= 4 is 17.5 Å². The van der Waals surface area contributed by atoms with E-state index < -0.39 is 0 Å². The lowest BCUT2D eigenvalue weighted by molar-refractivity contribution is 0.0916. The van der Waals surface area contributed by atoms with Crippen molar-refractivity contribution in [2.75, 3.05) is 32.6 Å². The van der Waals surface area contributed by atoms with Crippen molar-refractivity contribution in [3.05, 3.63) is 89.1 Å². The quantitative estimate of drug-likeness (QED) is 0.261. The fourth-order valence-corrected chi connectivity index (χ4v) is 6.49. The van der Waals surface area contributed by atoms with Gasteiger partial charge in [-0.25, -0.2) is 9.97 Å². The third-order valence-electron chi connectivity index (χ3n) is 9.07. The van der Waals surface area contributed by atoms with E-state index in [-0.39, 0.29) is 11.9 Å². The predicted octanol–water partition coefficient (Wildman–Crippen LogP) is 4.54. The summed E-state index contributed by atoms with van der Waals surface area (Å²) >= 11 is 0. The van der Waals surface area contributed by atoms with Crippen molar-refractivity contribution in [2.24, 2.45) is 14.1 Å². The standard InChI is InChI=1S/C35H39N9O2/c1-42-14-12-27(13-15-42)38-34(45)24-8-10-28(31(18-24)46-4)39-35-36-19-25-9-11-29-32(33(25)40-35)30(44(3)41-29)17-22-6-5-7-23(16-22)26-20-37-43(2)21-26/h5-8,10,16,18-21,27H,9,11-15,17H2,1-4H3,(H,38,45)(H,36,39,40). The van der Waals surface area contributed by atoms with E-state index in [1.54, 1.807) is 13.2 Å². The second-order valence-electron chi connectivity index (χ2n) is 12.3. The van der Waals surface area contributed by atoms with E-state index >= 15 is 0 Å². The van der Waals surface area contributed by atoms with Gasteiger partial charge >= 0.3 is 0 Å². The van der Waals surface area contributed by atoms with Gasteiger partial charge < -0.3 is 20.3 Å². The summed E-state index contributed by atoms with van der Waals surface area (Å²) in [5.41, 5.74) is 9.91. The molecule has 4 heterocycles. The maximum atomic E-state index is 13.0. The van der Waals surface area contributed by atoms with Gasteiger partial charge in [-0.1, -0.05) is 24.3 Å². The molecular weight excluding hydrogens is 578 g/mol. The number of benzene rings is 2. The van der Waals surface area contributed by atoms with E-state index in [2.05, 4.69) is 56.9 Å². The molecule has 0 spiro atoms. The number of hydrogen-bond acceptors (Lipinski definition) is 8. The highest BCUT2D eigenvalue weighted by atomic mass is 16.5. The number of aryl methyl sites for hydroxylation is 4. The van der Waals surface area contributed by atoms with Crippen LogP contribution in [0.1, 0.15) is 45.7 Å². The Morgan fingerprint density at radius 2 is 1.87 bits per heavy atom. The number of carbonyl (C=O) groups excluding carboxylic acids is 1. The first kappa shape index (κ1) is 29.7. The van der Waals surface area contributed by atoms with Crippen LogP contribution in [-0.2, 0) is 33.4 Å². The number of hydrogen-bond donors (Lipinski definition) is 2. The van der Waals surface area contributed by atoms with E-state index in [1.165, 1.54) is 5.56 Å². The van der Waals surface area contributed by atoms with E-state index in [9.17, 15) is 4.79 Å². The Morgan fingerprint density at radius 3 is 2.65 bits per heavy atom. The number of methoxy groups -OCH3 is 1. The lowest BCUT2D eigenvalue weighted by Crippen LogP contribution is -2.43. The van der Waals surface area contributed by atoms with Crippen molar-refractivity contribution in [1.82, 2.24) is 39.7 Å². The smallest absolute Gasteiger partial charge is 0.251 e. The molecule has 1 saturated heterocycles. The van der Waals surface area contributed by atoms with Crippen molar-refractivity contribution in [2.45, 2.75) is 38.1 Å². The van der Waals surface area contributed by atoms with Crippen LogP contribution in [0.25, 0.3) is 22.4 Å². The normalized spacial score (nSPS) is 14.9. The van der Waals surface area contributed by atoms with Crippen molar-refractivity contribution < 1.29 is 9.53 Å². The molecule has 5 aromatic rings. The first-order valence-electron chi connectivity index (χ1n) is 15.8. The Bertz CT molecular complexity index is 1900. The molecule has 3 aromatic heterocycles. The minimum atomic E-state index is -0.0907. The highest BCUT2D eigenvalue weighted by Gasteiger charge is 2.27. The summed E-state index contributed by atoms with van der Waals surface area (Å²) < 4.78 is 9.50. The largest absolute Gasteiger partial charge is 0.495 e. The van der Waals surface area contributed by atoms with Gasteiger partial charge in [-0.3, -0.25) is 14.2 Å². The molecule has 1 amide bonds. The second-order valence-corrected chi connectivity index (χ2v) is 12.3. The number of piperidine rings is 1. The molecular formula is C35H39N9O2. The lowest BCUT2D eigenvalue weighted by Gasteiger charge is -2.29. The van der Waals surface area contributed by atoms with Gasteiger partial charge in [0.25, 0.3) is 5.91 Å². The number of amides is 1. The van der Waals surface area contributed by atoms with Crippen LogP contribution in [0.3, 0.4) is 0 Å². The third-order valence-corrected chi connectivity index (χ3v) is 9.07. The maximum Gasteiger partial charge on any atom is 0.251 e. The summed E-state index contributed by atoms with van der Waals surface area (Å²) in [7, 11) is 7.65. The molecule has 2 N–H and O–H groups in total. The number of anilines is 2. The van der Waals surface area contributed by atoms with Crippen molar-refractivity contribution in [3.63, 3.8) is 0 Å². The van der Waals surface area contributed by atoms with Gasteiger partial charge in [0, 0.05) is 55.6 Å². The zero-order valence-electron chi connectivity index (χ0n) is 26.7. The molecule has 1 fully saturated rings. The molecule has 2 aliphatic rings. The van der Waals surface area contributed by atoms with E-state index in [0.717, 1.165) is 78.1 Å². The van der Waals surface area contributed by atoms with Crippen LogP contribution in [0.15, 0.2) is 61.1 Å². The highest BCUT2D eigenvalue weighted by molar-refractivity contribution is 5.95. The van der Waals surface area contributed by atoms with Crippen LogP contribution < -0.4 is 15.4 Å². The average molecular weight is 618 g/mol. The zero-order valence-corrected chi connectivity index (χ0v) is 26.7. The van der Waals surface area contributed by atoms with Gasteiger partial charge in [0.2, 0.25) is 5.95 Å². The van der Waals surface area contributed by atoms with Gasteiger partial charge in [0.1, 0.15) is 5.75 Å². The number of nitrogens with one attached hydrogen (secondary N) is 2. The fourth-order valence-electron chi connectivity index (χ4n) is 6.49. The zero-order chi connectivity index (χ0) is 31.8. The maximum absolute atomic E-state index is 13.0. The molecule has 46 heavy (non-hydrogen) atoms. The molecule has 0 atom stereocenters. The molecule has 1 aliphatic carbocycles. The molecule has 11 nitrogen and oxygen atoms in total. The average Bonchev–Trinajstić information content (AvgIpc) is 3.64. The van der Waals surface area contributed by atoms with Gasteiger partial charge in [-0.2, -0.15) is 10.2 Å². The minimum Gasteiger partial charge on any atom is -0.495 e. The number of aromatic nitrogens is 6. The van der Waals surface area contributed by atoms with Crippen molar-refractivity contribution in [1.29, 1.82) is 0 Å². The minimum absolute atomic E-state index is 0.0907. The number of likely N-dealkylation sites (tertiary alicyclic amines) is 1. The van der Waals surface area contributed by atoms with Gasteiger partial charge in [-0.05, 0) is 80.7 Å². The van der Waals surface area contributed by atoms with Crippen LogP contribution in [0.5, 0.6) is 5.75 Å². The summed E-state index contributed by atoms with van der Waals surface area (Å²) in [5, 5.41) is 15.8. The Labute approximate surface area is 268 Å². The predicted molar refractivity (Wildman–Crippen MR) is 177 cm³/mol. The Morgan fingerprint density at radius 1 is 1.02 bits per heavy atom. The Hall–Kier alpha value is -5.03. The first-order valence-corrected chi connectivity index (χ1v) is 15.8. The number of fused-ring (bicyclic) bond motifs is 3. The molecule has 0 unspecified atom stereocenters. The summed E-state index contributed by atoms with van der Waals surface area (Å²) in [6.07, 6.45) is 10.1. The van der Waals surface area contributed by atoms with E-state index in [1.807, 2.05) is 54.2 Å². The highest BCUT2D eigenvalue weighted by Crippen LogP contribution is 2.37. The first-order chi connectivity index (χ1) is 22.3. The van der Waals surface area contributed by atoms with Crippen LogP contribution in [0, 0.1) is 0 Å². The number of carbonyl (C=O) groups is 1. The molecule has 7 rings (SSSR count). The Kier molecular flexibility index (Phi) is 8.00. The van der Waals surface area contributed by atoms with Gasteiger partial charge in [-0.15, -0.1) is 0 Å². The topological polar surface area (TPSA) is 115 Å². The fraction of sp³-hybridized carbons (Fsp3) is 0.343. The SMILES string of the molecule is COc1cc(C(=O)NC2CCN(C)CC2)ccc1Nc1ncc2c(n1)-c1c(nn(C)c1Cc1cccc(-c3cnn(C)c3)c1)CC2. The Balaban J connectivity index is 1.13. The summed E-state index contributed by atoms with van der Waals surface area (Å²) in [5.74, 6) is 0.919. The van der Waals surface area contributed by atoms with Crippen molar-refractivity contribution in [3.8, 4) is 28.1 Å². The van der Waals surface area contributed by atoms with Crippen LogP contribution in [0.4, 0.5) is 11.6 Å². The van der Waals surface area contributed by atoms with Crippen LogP contribution in [0.2, 0.25) is 0 Å². The number of ether oxygens (including phenoxy) is 1. The summed E-state index contributed by atoms with van der Waals surface area (Å²) in [4.78, 5) is 25.0. The molecule has 0 radical (unpaired) electrons. The van der Waals surface area contributed by atoms with Crippen LogP contribution >= 0.6 is 0 Å².